The van der Waals surface area contributed by atoms with E-state index in [4.69, 9.17) is 0 Å². The lowest BCUT2D eigenvalue weighted by Crippen LogP contribution is -2.21. The molecule has 2 rings (SSSR count). The molecule has 1 heterocycles. The van der Waals surface area contributed by atoms with Gasteiger partial charge in [0.05, 0.1) is 0 Å². The lowest BCUT2D eigenvalue weighted by atomic mass is 9.85. The molecule has 1 saturated carbocycles. The average Bonchev–Trinajstić information content (AvgIpc) is 2.38. The Kier molecular flexibility index (Phi) is 3.96. The van der Waals surface area contributed by atoms with Crippen molar-refractivity contribution in [2.24, 2.45) is 5.92 Å². The van der Waals surface area contributed by atoms with E-state index in [9.17, 15) is 5.11 Å². The molecular weight excluding hydrogens is 198 g/mol. The lowest BCUT2D eigenvalue weighted by Gasteiger charge is -2.23. The van der Waals surface area contributed by atoms with Crippen LogP contribution in [-0.2, 0) is 0 Å². The molecule has 1 atom stereocenters. The van der Waals surface area contributed by atoms with Gasteiger partial charge in [-0.2, -0.15) is 0 Å². The topological polar surface area (TPSA) is 33.1 Å². The van der Waals surface area contributed by atoms with Gasteiger partial charge in [-0.05, 0) is 30.9 Å². The van der Waals surface area contributed by atoms with Crippen LogP contribution in [0.3, 0.4) is 0 Å². The van der Waals surface area contributed by atoms with Crippen molar-refractivity contribution in [1.82, 2.24) is 4.98 Å². The van der Waals surface area contributed by atoms with E-state index in [1.54, 1.807) is 12.4 Å². The molecule has 0 amide bonds. The average molecular weight is 215 g/mol. The highest BCUT2D eigenvalue weighted by atomic mass is 16.3. The van der Waals surface area contributed by atoms with Crippen molar-refractivity contribution >= 4 is 0 Å². The maximum atomic E-state index is 9.94. The molecule has 0 bridgehead atoms. The molecule has 1 aliphatic rings. The van der Waals surface area contributed by atoms with Crippen LogP contribution in [0.5, 0.6) is 0 Å². The van der Waals surface area contributed by atoms with E-state index in [-0.39, 0.29) is 0 Å². The van der Waals surface area contributed by atoms with E-state index >= 15 is 0 Å². The molecule has 0 spiro atoms. The SMILES string of the molecule is OC(C#Cc1cccnc1)C1CCCCC1. The first kappa shape index (κ1) is 11.2. The largest absolute Gasteiger partial charge is 0.380 e. The Morgan fingerprint density at radius 1 is 1.31 bits per heavy atom. The Hall–Kier alpha value is -1.33. The van der Waals surface area contributed by atoms with Gasteiger partial charge in [-0.25, -0.2) is 0 Å². The van der Waals surface area contributed by atoms with Crippen molar-refractivity contribution in [2.45, 2.75) is 38.2 Å². The number of nitrogens with zero attached hydrogens (tertiary/aromatic N) is 1. The van der Waals surface area contributed by atoms with Gasteiger partial charge in [0.2, 0.25) is 0 Å². The second-order valence-electron chi connectivity index (χ2n) is 4.35. The van der Waals surface area contributed by atoms with Crippen LogP contribution >= 0.6 is 0 Å². The Balaban J connectivity index is 1.96. The second-order valence-corrected chi connectivity index (χ2v) is 4.35. The molecule has 0 saturated heterocycles. The normalized spacial score (nSPS) is 18.6. The van der Waals surface area contributed by atoms with E-state index in [2.05, 4.69) is 16.8 Å². The summed E-state index contributed by atoms with van der Waals surface area (Å²) < 4.78 is 0. The van der Waals surface area contributed by atoms with Gasteiger partial charge in [0.1, 0.15) is 6.10 Å². The van der Waals surface area contributed by atoms with Gasteiger partial charge in [-0.15, -0.1) is 0 Å². The van der Waals surface area contributed by atoms with Crippen molar-refractivity contribution in [3.05, 3.63) is 30.1 Å². The van der Waals surface area contributed by atoms with E-state index in [1.165, 1.54) is 19.3 Å². The second kappa shape index (κ2) is 5.67. The first-order valence-electron chi connectivity index (χ1n) is 5.96. The number of aromatic nitrogens is 1. The Morgan fingerprint density at radius 3 is 2.81 bits per heavy atom. The van der Waals surface area contributed by atoms with E-state index in [1.807, 2.05) is 12.1 Å². The zero-order valence-corrected chi connectivity index (χ0v) is 9.39. The number of aliphatic hydroxyl groups excluding tert-OH is 1. The van der Waals surface area contributed by atoms with Gasteiger partial charge in [0, 0.05) is 18.0 Å². The van der Waals surface area contributed by atoms with Crippen molar-refractivity contribution in [1.29, 1.82) is 0 Å². The molecule has 1 unspecified atom stereocenters. The lowest BCUT2D eigenvalue weighted by molar-refractivity contribution is 0.133. The first-order valence-corrected chi connectivity index (χ1v) is 5.96. The van der Waals surface area contributed by atoms with Gasteiger partial charge in [0.25, 0.3) is 0 Å². The van der Waals surface area contributed by atoms with Crippen LogP contribution in [0.2, 0.25) is 0 Å². The molecule has 2 nitrogen and oxygen atoms in total. The minimum atomic E-state index is -0.472. The molecule has 2 heteroatoms. The van der Waals surface area contributed by atoms with Gasteiger partial charge >= 0.3 is 0 Å². The summed E-state index contributed by atoms with van der Waals surface area (Å²) in [6, 6.07) is 3.77. The van der Waals surface area contributed by atoms with Crippen LogP contribution in [-0.4, -0.2) is 16.2 Å². The monoisotopic (exact) mass is 215 g/mol. The maximum Gasteiger partial charge on any atom is 0.117 e. The highest BCUT2D eigenvalue weighted by Gasteiger charge is 2.19. The Morgan fingerprint density at radius 2 is 2.12 bits per heavy atom. The van der Waals surface area contributed by atoms with Crippen LogP contribution in [0.4, 0.5) is 0 Å². The number of rotatable bonds is 1. The molecule has 1 aliphatic carbocycles. The fraction of sp³-hybridized carbons (Fsp3) is 0.500. The summed E-state index contributed by atoms with van der Waals surface area (Å²) in [5.41, 5.74) is 0.873. The third-order valence-electron chi connectivity index (χ3n) is 3.12. The zero-order valence-electron chi connectivity index (χ0n) is 9.39. The van der Waals surface area contributed by atoms with Crippen LogP contribution in [0.15, 0.2) is 24.5 Å². The number of hydrogen-bond donors (Lipinski definition) is 1. The number of pyridine rings is 1. The molecule has 1 fully saturated rings. The summed E-state index contributed by atoms with van der Waals surface area (Å²) in [5.74, 6) is 6.29. The maximum absolute atomic E-state index is 9.94. The Labute approximate surface area is 96.7 Å². The minimum Gasteiger partial charge on any atom is -0.380 e. The van der Waals surface area contributed by atoms with Gasteiger partial charge in [-0.3, -0.25) is 4.98 Å². The van der Waals surface area contributed by atoms with Crippen molar-refractivity contribution < 1.29 is 5.11 Å². The first-order chi connectivity index (χ1) is 7.86. The van der Waals surface area contributed by atoms with Crippen LogP contribution in [0.1, 0.15) is 37.7 Å². The summed E-state index contributed by atoms with van der Waals surface area (Å²) in [7, 11) is 0. The summed E-state index contributed by atoms with van der Waals surface area (Å²) in [5, 5.41) is 9.94. The minimum absolute atomic E-state index is 0.373. The van der Waals surface area contributed by atoms with Gasteiger partial charge in [-0.1, -0.05) is 31.1 Å². The smallest absolute Gasteiger partial charge is 0.117 e. The van der Waals surface area contributed by atoms with Crippen molar-refractivity contribution in [3.63, 3.8) is 0 Å². The van der Waals surface area contributed by atoms with E-state index in [0.717, 1.165) is 18.4 Å². The molecule has 16 heavy (non-hydrogen) atoms. The molecule has 1 aromatic heterocycles. The quantitative estimate of drug-likeness (QED) is 0.730. The summed E-state index contributed by atoms with van der Waals surface area (Å²) in [6.45, 7) is 0. The molecule has 0 radical (unpaired) electrons. The standard InChI is InChI=1S/C14H17NO/c16-14(13-6-2-1-3-7-13)9-8-12-5-4-10-15-11-12/h4-5,10-11,13-14,16H,1-3,6-7H2. The number of aliphatic hydroxyl groups is 1. The molecule has 0 aromatic carbocycles. The Bertz CT molecular complexity index is 371. The van der Waals surface area contributed by atoms with Crippen LogP contribution in [0.25, 0.3) is 0 Å². The molecule has 1 aromatic rings. The van der Waals surface area contributed by atoms with Crippen molar-refractivity contribution in [3.8, 4) is 11.8 Å². The van der Waals surface area contributed by atoms with Crippen LogP contribution in [0, 0.1) is 17.8 Å². The third kappa shape index (κ3) is 3.08. The predicted octanol–water partition coefficient (Wildman–Crippen LogP) is 2.37. The summed E-state index contributed by atoms with van der Waals surface area (Å²) >= 11 is 0. The van der Waals surface area contributed by atoms with Crippen LogP contribution < -0.4 is 0 Å². The van der Waals surface area contributed by atoms with Gasteiger partial charge < -0.3 is 5.11 Å². The fourth-order valence-electron chi connectivity index (χ4n) is 2.16. The highest BCUT2D eigenvalue weighted by Crippen LogP contribution is 2.26. The van der Waals surface area contributed by atoms with Gasteiger partial charge in [0.15, 0.2) is 0 Å². The molecule has 84 valence electrons. The molecular formula is C14H17NO. The third-order valence-corrected chi connectivity index (χ3v) is 3.12. The summed E-state index contributed by atoms with van der Waals surface area (Å²) in [4.78, 5) is 3.99. The predicted molar refractivity (Wildman–Crippen MR) is 63.7 cm³/mol. The highest BCUT2D eigenvalue weighted by molar-refractivity contribution is 5.32. The van der Waals surface area contributed by atoms with E-state index in [0.29, 0.717) is 5.92 Å². The molecule has 0 aliphatic heterocycles. The summed E-state index contributed by atoms with van der Waals surface area (Å²) in [6.07, 6.45) is 8.97. The van der Waals surface area contributed by atoms with E-state index < -0.39 is 6.10 Å². The zero-order chi connectivity index (χ0) is 11.2. The van der Waals surface area contributed by atoms with Crippen molar-refractivity contribution in [2.75, 3.05) is 0 Å². The number of hydrogen-bond acceptors (Lipinski definition) is 2. The molecule has 1 N–H and O–H groups in total. The fourth-order valence-corrected chi connectivity index (χ4v) is 2.16.